The lowest BCUT2D eigenvalue weighted by molar-refractivity contribution is -0.277. The zero-order valence-electron chi connectivity index (χ0n) is 10.1. The molecule has 1 aliphatic rings. The summed E-state index contributed by atoms with van der Waals surface area (Å²) >= 11 is 0. The van der Waals surface area contributed by atoms with E-state index < -0.39 is 37.3 Å². The number of aliphatic hydroxyl groups is 4. The zero-order valence-corrected chi connectivity index (χ0v) is 10.1. The molecule has 1 heterocycles. The normalized spacial score (nSPS) is 35.1. The molecule has 7 nitrogen and oxygen atoms in total. The molecule has 1 aromatic carbocycles. The average Bonchev–Trinajstić information content (AvgIpc) is 2.41. The molecule has 6 N–H and O–H groups in total. The van der Waals surface area contributed by atoms with Crippen molar-refractivity contribution in [2.24, 2.45) is 0 Å². The lowest BCUT2D eigenvalue weighted by atomic mass is 9.99. The second kappa shape index (κ2) is 5.72. The maximum Gasteiger partial charge on any atom is 0.229 e. The number of hydrogen-bond acceptors (Lipinski definition) is 7. The van der Waals surface area contributed by atoms with E-state index in [9.17, 15) is 15.3 Å². The zero-order chi connectivity index (χ0) is 14.0. The quantitative estimate of drug-likeness (QED) is 0.421. The van der Waals surface area contributed by atoms with Gasteiger partial charge in [-0.2, -0.15) is 0 Å². The maximum absolute atomic E-state index is 9.79. The van der Waals surface area contributed by atoms with Gasteiger partial charge in [-0.3, -0.25) is 0 Å². The van der Waals surface area contributed by atoms with Crippen LogP contribution in [0.5, 0.6) is 5.75 Å². The number of rotatable bonds is 3. The second-order valence-corrected chi connectivity index (χ2v) is 4.35. The largest absolute Gasteiger partial charge is 0.460 e. The number of nitrogen functional groups attached to an aromatic ring is 1. The van der Waals surface area contributed by atoms with Gasteiger partial charge < -0.3 is 35.6 Å². The van der Waals surface area contributed by atoms with Crippen LogP contribution in [0, 0.1) is 0 Å². The van der Waals surface area contributed by atoms with Crippen molar-refractivity contribution in [1.29, 1.82) is 0 Å². The monoisotopic (exact) mass is 271 g/mol. The Bertz CT molecular complexity index is 426. The minimum Gasteiger partial charge on any atom is -0.460 e. The molecule has 7 heteroatoms. The van der Waals surface area contributed by atoms with Crippen molar-refractivity contribution < 1.29 is 29.9 Å². The van der Waals surface area contributed by atoms with E-state index in [1.165, 1.54) is 0 Å². The highest BCUT2D eigenvalue weighted by molar-refractivity contribution is 5.51. The van der Waals surface area contributed by atoms with Crippen LogP contribution in [-0.4, -0.2) is 57.7 Å². The summed E-state index contributed by atoms with van der Waals surface area (Å²) in [6.45, 7) is -0.505. The summed E-state index contributed by atoms with van der Waals surface area (Å²) in [5.41, 5.74) is 6.04. The number of aliphatic hydroxyl groups excluding tert-OH is 4. The predicted molar refractivity (Wildman–Crippen MR) is 65.2 cm³/mol. The molecule has 106 valence electrons. The Kier molecular flexibility index (Phi) is 4.23. The lowest BCUT2D eigenvalue weighted by Gasteiger charge is -2.39. The van der Waals surface area contributed by atoms with Crippen molar-refractivity contribution >= 4 is 5.69 Å². The van der Waals surface area contributed by atoms with Gasteiger partial charge in [0.25, 0.3) is 0 Å². The van der Waals surface area contributed by atoms with E-state index in [0.29, 0.717) is 5.69 Å². The van der Waals surface area contributed by atoms with Crippen LogP contribution < -0.4 is 10.5 Å². The fourth-order valence-corrected chi connectivity index (χ4v) is 1.88. The molecule has 0 radical (unpaired) electrons. The van der Waals surface area contributed by atoms with Crippen LogP contribution in [0.3, 0.4) is 0 Å². The first-order valence-corrected chi connectivity index (χ1v) is 5.86. The maximum atomic E-state index is 9.79. The highest BCUT2D eigenvalue weighted by Gasteiger charge is 2.44. The summed E-state index contributed by atoms with van der Waals surface area (Å²) in [4.78, 5) is 0. The molecule has 2 rings (SSSR count). The van der Waals surface area contributed by atoms with Crippen LogP contribution in [0.4, 0.5) is 5.69 Å². The molecule has 0 aromatic heterocycles. The molecule has 1 fully saturated rings. The first kappa shape index (κ1) is 14.0. The second-order valence-electron chi connectivity index (χ2n) is 4.35. The predicted octanol–water partition coefficient (Wildman–Crippen LogP) is -1.55. The van der Waals surface area contributed by atoms with E-state index in [0.717, 1.165) is 0 Å². The molecule has 0 saturated carbocycles. The smallest absolute Gasteiger partial charge is 0.229 e. The topological polar surface area (TPSA) is 125 Å². The molecule has 0 spiro atoms. The fourth-order valence-electron chi connectivity index (χ4n) is 1.88. The van der Waals surface area contributed by atoms with E-state index in [2.05, 4.69) is 0 Å². The third-order valence-electron chi connectivity index (χ3n) is 3.01. The molecule has 19 heavy (non-hydrogen) atoms. The van der Waals surface area contributed by atoms with E-state index in [-0.39, 0.29) is 5.75 Å². The van der Waals surface area contributed by atoms with E-state index in [1.54, 1.807) is 24.3 Å². The number of nitrogens with two attached hydrogens (primary N) is 1. The van der Waals surface area contributed by atoms with Gasteiger partial charge in [-0.05, 0) is 12.1 Å². The van der Waals surface area contributed by atoms with E-state index in [1.807, 2.05) is 0 Å². The Morgan fingerprint density at radius 1 is 1.11 bits per heavy atom. The van der Waals surface area contributed by atoms with Gasteiger partial charge in [-0.1, -0.05) is 12.1 Å². The SMILES string of the molecule is Nc1ccccc1OC1O[C@H](CO)[C@@H](O)[C@H](O)[C@H]1O. The molecule has 1 unspecified atom stereocenters. The lowest BCUT2D eigenvalue weighted by Crippen LogP contribution is -2.60. The molecule has 1 aliphatic heterocycles. The van der Waals surface area contributed by atoms with Gasteiger partial charge >= 0.3 is 0 Å². The van der Waals surface area contributed by atoms with Crippen molar-refractivity contribution in [1.82, 2.24) is 0 Å². The molecule has 1 aromatic rings. The number of ether oxygens (including phenoxy) is 2. The Morgan fingerprint density at radius 2 is 1.79 bits per heavy atom. The van der Waals surface area contributed by atoms with Crippen LogP contribution in [-0.2, 0) is 4.74 Å². The summed E-state index contributed by atoms with van der Waals surface area (Å²) < 4.78 is 10.6. The van der Waals surface area contributed by atoms with Crippen molar-refractivity contribution in [2.45, 2.75) is 30.7 Å². The van der Waals surface area contributed by atoms with Crippen LogP contribution in [0.15, 0.2) is 24.3 Å². The molecule has 0 amide bonds. The number of benzene rings is 1. The number of anilines is 1. The van der Waals surface area contributed by atoms with Crippen molar-refractivity contribution in [2.75, 3.05) is 12.3 Å². The van der Waals surface area contributed by atoms with E-state index in [4.69, 9.17) is 20.3 Å². The molecular weight excluding hydrogens is 254 g/mol. The first-order valence-electron chi connectivity index (χ1n) is 5.86. The van der Waals surface area contributed by atoms with Crippen LogP contribution >= 0.6 is 0 Å². The molecule has 5 atom stereocenters. The summed E-state index contributed by atoms with van der Waals surface area (Å²) in [6.07, 6.45) is -6.56. The minimum absolute atomic E-state index is 0.284. The summed E-state index contributed by atoms with van der Waals surface area (Å²) in [5.74, 6) is 0.284. The van der Waals surface area contributed by atoms with Gasteiger partial charge in [0.1, 0.15) is 30.2 Å². The highest BCUT2D eigenvalue weighted by Crippen LogP contribution is 2.27. The van der Waals surface area contributed by atoms with Gasteiger partial charge in [0, 0.05) is 0 Å². The molecule has 1 saturated heterocycles. The summed E-state index contributed by atoms with van der Waals surface area (Å²) in [6, 6.07) is 6.60. The van der Waals surface area contributed by atoms with Crippen molar-refractivity contribution in [3.05, 3.63) is 24.3 Å². The third-order valence-corrected chi connectivity index (χ3v) is 3.01. The third kappa shape index (κ3) is 2.80. The number of para-hydroxylation sites is 2. The molecular formula is C12H17NO6. The first-order chi connectivity index (χ1) is 9.04. The Morgan fingerprint density at radius 3 is 2.42 bits per heavy atom. The molecule has 0 aliphatic carbocycles. The average molecular weight is 271 g/mol. The standard InChI is InChI=1S/C12H17NO6/c13-6-3-1-2-4-7(6)18-12-11(17)10(16)9(15)8(5-14)19-12/h1-4,8-12,14-17H,5,13H2/t8-,9-,10+,11-,12?/m1/s1. The summed E-state index contributed by atoms with van der Waals surface area (Å²) in [5, 5.41) is 38.1. The van der Waals surface area contributed by atoms with Gasteiger partial charge in [0.2, 0.25) is 6.29 Å². The Labute approximate surface area is 109 Å². The van der Waals surface area contributed by atoms with Gasteiger partial charge in [0.15, 0.2) is 0 Å². The Hall–Kier alpha value is -1.38. The van der Waals surface area contributed by atoms with Gasteiger partial charge in [-0.15, -0.1) is 0 Å². The Balaban J connectivity index is 2.13. The highest BCUT2D eigenvalue weighted by atomic mass is 16.7. The van der Waals surface area contributed by atoms with Gasteiger partial charge in [-0.25, -0.2) is 0 Å². The minimum atomic E-state index is -1.47. The van der Waals surface area contributed by atoms with Crippen LogP contribution in [0.2, 0.25) is 0 Å². The molecule has 0 bridgehead atoms. The van der Waals surface area contributed by atoms with Gasteiger partial charge in [0.05, 0.1) is 12.3 Å². The van der Waals surface area contributed by atoms with Crippen LogP contribution in [0.1, 0.15) is 0 Å². The van der Waals surface area contributed by atoms with Crippen molar-refractivity contribution in [3.63, 3.8) is 0 Å². The van der Waals surface area contributed by atoms with Crippen LogP contribution in [0.25, 0.3) is 0 Å². The van der Waals surface area contributed by atoms with Crippen molar-refractivity contribution in [3.8, 4) is 5.75 Å². The summed E-state index contributed by atoms with van der Waals surface area (Å²) in [7, 11) is 0. The number of hydrogen-bond donors (Lipinski definition) is 5. The van der Waals surface area contributed by atoms with E-state index >= 15 is 0 Å². The fraction of sp³-hybridized carbons (Fsp3) is 0.500.